The minimum atomic E-state index is 0.0567. The molecule has 102 valence electrons. The van der Waals surface area contributed by atoms with E-state index in [0.29, 0.717) is 5.92 Å². The Morgan fingerprint density at radius 1 is 1.39 bits per heavy atom. The first-order chi connectivity index (χ1) is 8.58. The van der Waals surface area contributed by atoms with Crippen molar-refractivity contribution in [2.75, 3.05) is 13.1 Å². The number of nitrogens with one attached hydrogen (secondary N) is 1. The summed E-state index contributed by atoms with van der Waals surface area (Å²) in [5.74, 6) is 0.508. The van der Waals surface area contributed by atoms with Crippen LogP contribution < -0.4 is 4.90 Å². The first-order valence-corrected chi connectivity index (χ1v) is 7.30. The van der Waals surface area contributed by atoms with Crippen LogP contribution in [0, 0.1) is 5.92 Å². The van der Waals surface area contributed by atoms with Gasteiger partial charge in [-0.05, 0) is 45.4 Å². The van der Waals surface area contributed by atoms with E-state index >= 15 is 0 Å². The van der Waals surface area contributed by atoms with Crippen molar-refractivity contribution in [1.29, 1.82) is 0 Å². The van der Waals surface area contributed by atoms with Gasteiger partial charge in [-0.25, -0.2) is 0 Å². The Hall–Kier alpha value is -0.830. The summed E-state index contributed by atoms with van der Waals surface area (Å²) in [5, 5.41) is 13.1. The molecule has 2 atom stereocenters. The van der Waals surface area contributed by atoms with Crippen LogP contribution in [0.3, 0.4) is 0 Å². The van der Waals surface area contributed by atoms with Crippen molar-refractivity contribution < 1.29 is 10.1 Å². The Balaban J connectivity index is 2.14. The Labute approximate surface area is 111 Å². The van der Waals surface area contributed by atoms with Crippen LogP contribution in [0.15, 0.2) is 17.3 Å². The monoisotopic (exact) mass is 251 g/mol. The maximum Gasteiger partial charge on any atom is 0.137 e. The van der Waals surface area contributed by atoms with E-state index in [2.05, 4.69) is 25.6 Å². The summed E-state index contributed by atoms with van der Waals surface area (Å²) < 4.78 is 0. The van der Waals surface area contributed by atoms with Crippen LogP contribution in [-0.4, -0.2) is 29.5 Å². The second-order valence-electron chi connectivity index (χ2n) is 6.33. The molecule has 2 rings (SSSR count). The minimum absolute atomic E-state index is 0.0567. The highest BCUT2D eigenvalue weighted by Gasteiger charge is 2.45. The number of oxime groups is 1. The van der Waals surface area contributed by atoms with Gasteiger partial charge in [0.1, 0.15) is 11.3 Å². The summed E-state index contributed by atoms with van der Waals surface area (Å²) in [6.07, 6.45) is 7.19. The molecule has 1 aliphatic heterocycles. The van der Waals surface area contributed by atoms with Crippen molar-refractivity contribution in [3.63, 3.8) is 0 Å². The second kappa shape index (κ2) is 5.43. The highest BCUT2D eigenvalue weighted by Crippen LogP contribution is 2.32. The molecular weight excluding hydrogens is 224 g/mol. The number of quaternary nitrogens is 1. The Kier molecular flexibility index (Phi) is 4.10. The van der Waals surface area contributed by atoms with Gasteiger partial charge in [-0.15, -0.1) is 0 Å². The molecule has 0 aromatic carbocycles. The first-order valence-electron chi connectivity index (χ1n) is 7.30. The summed E-state index contributed by atoms with van der Waals surface area (Å²) in [6.45, 7) is 10.9. The zero-order valence-electron chi connectivity index (χ0n) is 11.8. The molecule has 0 aromatic rings. The predicted octanol–water partition coefficient (Wildman–Crippen LogP) is 2.02. The van der Waals surface area contributed by atoms with Gasteiger partial charge in [0.2, 0.25) is 0 Å². The zero-order valence-corrected chi connectivity index (χ0v) is 11.8. The number of likely N-dealkylation sites (tertiary alicyclic amines) is 1. The van der Waals surface area contributed by atoms with Gasteiger partial charge in [0, 0.05) is 12.8 Å². The molecule has 0 aromatic heterocycles. The summed E-state index contributed by atoms with van der Waals surface area (Å²) in [7, 11) is 0. The van der Waals surface area contributed by atoms with Crippen molar-refractivity contribution in [1.82, 2.24) is 0 Å². The molecule has 2 aliphatic rings. The zero-order chi connectivity index (χ0) is 13.2. The fraction of sp³-hybridized carbons (Fsp3) is 0.800. The Morgan fingerprint density at radius 3 is 2.61 bits per heavy atom. The number of nitrogens with zero attached hydrogens (tertiary/aromatic N) is 1. The Bertz CT molecular complexity index is 344. The van der Waals surface area contributed by atoms with E-state index in [-0.39, 0.29) is 5.54 Å². The number of allylic oxidation sites excluding steroid dienone is 1. The molecule has 1 saturated carbocycles. The molecule has 18 heavy (non-hydrogen) atoms. The van der Waals surface area contributed by atoms with E-state index in [9.17, 15) is 5.21 Å². The van der Waals surface area contributed by atoms with Crippen LogP contribution in [0.25, 0.3) is 0 Å². The average molecular weight is 251 g/mol. The lowest BCUT2D eigenvalue weighted by Gasteiger charge is -2.44. The third-order valence-corrected chi connectivity index (χ3v) is 5.12. The summed E-state index contributed by atoms with van der Waals surface area (Å²) >= 11 is 0. The van der Waals surface area contributed by atoms with Crippen LogP contribution in [0.4, 0.5) is 0 Å². The van der Waals surface area contributed by atoms with Crippen LogP contribution >= 0.6 is 0 Å². The Morgan fingerprint density at radius 2 is 2.06 bits per heavy atom. The summed E-state index contributed by atoms with van der Waals surface area (Å²) in [5.41, 5.74) is 2.28. The number of rotatable bonds is 2. The highest BCUT2D eigenvalue weighted by atomic mass is 16.4. The number of hydrogen-bond donors (Lipinski definition) is 2. The molecule has 1 heterocycles. The topological polar surface area (TPSA) is 37.0 Å². The molecule has 3 heteroatoms. The lowest BCUT2D eigenvalue weighted by molar-refractivity contribution is -0.944. The van der Waals surface area contributed by atoms with Crippen LogP contribution in [-0.2, 0) is 0 Å². The molecule has 0 spiro atoms. The maximum atomic E-state index is 9.40. The van der Waals surface area contributed by atoms with Crippen molar-refractivity contribution >= 4 is 5.71 Å². The number of piperidine rings is 1. The van der Waals surface area contributed by atoms with Crippen LogP contribution in [0.1, 0.15) is 52.4 Å². The minimum Gasteiger partial charge on any atom is -0.411 e. The van der Waals surface area contributed by atoms with Crippen LogP contribution in [0.5, 0.6) is 0 Å². The molecule has 1 aliphatic carbocycles. The van der Waals surface area contributed by atoms with Crippen molar-refractivity contribution in [2.24, 2.45) is 11.1 Å². The molecule has 0 amide bonds. The largest absolute Gasteiger partial charge is 0.411 e. The van der Waals surface area contributed by atoms with Gasteiger partial charge in [0.25, 0.3) is 0 Å². The second-order valence-corrected chi connectivity index (χ2v) is 6.33. The van der Waals surface area contributed by atoms with Gasteiger partial charge in [0.05, 0.1) is 13.1 Å². The molecule has 0 unspecified atom stereocenters. The average Bonchev–Trinajstić information content (AvgIpc) is 2.40. The van der Waals surface area contributed by atoms with Gasteiger partial charge in [-0.3, -0.25) is 0 Å². The SMILES string of the molecule is C=C(C)[C@@H]1CC[C@](C)([NH+]2CCCCC2)/C(=N\O)C1. The maximum absolute atomic E-state index is 9.40. The van der Waals surface area contributed by atoms with Gasteiger partial charge in [-0.1, -0.05) is 17.3 Å². The lowest BCUT2D eigenvalue weighted by Crippen LogP contribution is -3.21. The standard InChI is InChI=1S/C15H26N2O/c1-12(2)13-7-8-15(3,14(11-13)16-18)17-9-5-4-6-10-17/h13,18H,1,4-11H2,2-3H3/p+1/b16-14-/t13-,15+/m1/s1. The quantitative estimate of drug-likeness (QED) is 0.440. The van der Waals surface area contributed by atoms with Crippen molar-refractivity contribution in [2.45, 2.75) is 57.9 Å². The van der Waals surface area contributed by atoms with E-state index in [4.69, 9.17) is 0 Å². The smallest absolute Gasteiger partial charge is 0.137 e. The first kappa shape index (κ1) is 13.6. The molecular formula is C15H27N2O+. The van der Waals surface area contributed by atoms with Crippen molar-refractivity contribution in [3.05, 3.63) is 12.2 Å². The molecule has 2 N–H and O–H groups in total. The summed E-state index contributed by atoms with van der Waals surface area (Å²) in [4.78, 5) is 1.63. The molecule has 0 bridgehead atoms. The van der Waals surface area contributed by atoms with E-state index in [0.717, 1.165) is 18.6 Å². The van der Waals surface area contributed by atoms with Crippen LogP contribution in [0.2, 0.25) is 0 Å². The van der Waals surface area contributed by atoms with E-state index in [1.807, 2.05) is 0 Å². The fourth-order valence-corrected chi connectivity index (χ4v) is 3.65. The van der Waals surface area contributed by atoms with Gasteiger partial charge >= 0.3 is 0 Å². The third-order valence-electron chi connectivity index (χ3n) is 5.12. The normalized spacial score (nSPS) is 36.8. The molecule has 3 nitrogen and oxygen atoms in total. The van der Waals surface area contributed by atoms with Gasteiger partial charge in [-0.2, -0.15) is 0 Å². The van der Waals surface area contributed by atoms with E-state index < -0.39 is 0 Å². The fourth-order valence-electron chi connectivity index (χ4n) is 3.65. The molecule has 0 radical (unpaired) electrons. The van der Waals surface area contributed by atoms with Gasteiger partial charge in [0.15, 0.2) is 0 Å². The molecule has 2 fully saturated rings. The van der Waals surface area contributed by atoms with Gasteiger partial charge < -0.3 is 10.1 Å². The lowest BCUT2D eigenvalue weighted by atomic mass is 9.72. The highest BCUT2D eigenvalue weighted by molar-refractivity contribution is 5.92. The molecule has 1 saturated heterocycles. The van der Waals surface area contributed by atoms with Crippen molar-refractivity contribution in [3.8, 4) is 0 Å². The van der Waals surface area contributed by atoms with E-state index in [1.165, 1.54) is 44.3 Å². The summed E-state index contributed by atoms with van der Waals surface area (Å²) in [6, 6.07) is 0. The third kappa shape index (κ3) is 2.46. The number of hydrogen-bond acceptors (Lipinski definition) is 2. The van der Waals surface area contributed by atoms with E-state index in [1.54, 1.807) is 4.90 Å². The predicted molar refractivity (Wildman–Crippen MR) is 74.3 cm³/mol.